The second-order valence-corrected chi connectivity index (χ2v) is 7.89. The van der Waals surface area contributed by atoms with Gasteiger partial charge in [0.05, 0.1) is 29.4 Å². The van der Waals surface area contributed by atoms with E-state index in [9.17, 15) is 9.59 Å². The number of imide groups is 1. The number of methoxy groups -OCH3 is 2. The normalized spacial score (nSPS) is 33.6. The highest BCUT2D eigenvalue weighted by atomic mass is 79.9. The molecule has 0 radical (unpaired) electrons. The second-order valence-electron chi connectivity index (χ2n) is 6.18. The highest BCUT2D eigenvalue weighted by molar-refractivity contribution is 9.14. The molecule has 4 unspecified atom stereocenters. The molecule has 1 aromatic carbocycles. The van der Waals surface area contributed by atoms with Gasteiger partial charge in [0.25, 0.3) is 0 Å². The van der Waals surface area contributed by atoms with Crippen LogP contribution in [0.15, 0.2) is 39.3 Å². The molecule has 24 heavy (non-hydrogen) atoms. The van der Waals surface area contributed by atoms with Crippen molar-refractivity contribution in [3.8, 4) is 0 Å². The minimum atomic E-state index is -0.999. The van der Waals surface area contributed by atoms with Crippen molar-refractivity contribution in [2.75, 3.05) is 19.1 Å². The van der Waals surface area contributed by atoms with Gasteiger partial charge in [-0.05, 0) is 12.1 Å². The van der Waals surface area contributed by atoms with Crippen molar-refractivity contribution in [1.82, 2.24) is 0 Å². The number of carbonyl (C=O) groups excluding carboxylic acids is 2. The Hall–Kier alpha value is -1.02. The predicted octanol–water partition coefficient (Wildman–Crippen LogP) is 3.04. The van der Waals surface area contributed by atoms with Crippen LogP contribution < -0.4 is 4.90 Å². The number of fused-ring (bicyclic) bond motifs is 5. The Morgan fingerprint density at radius 3 is 1.79 bits per heavy atom. The van der Waals surface area contributed by atoms with Crippen LogP contribution in [0.2, 0.25) is 0 Å². The lowest BCUT2D eigenvalue weighted by molar-refractivity contribution is -0.235. The molecule has 0 N–H and O–H groups in total. The molecular formula is C17H15Br2NO4. The summed E-state index contributed by atoms with van der Waals surface area (Å²) in [4.78, 5) is 27.5. The average molecular weight is 457 g/mol. The molecule has 2 fully saturated rings. The van der Waals surface area contributed by atoms with Gasteiger partial charge in [-0.2, -0.15) is 0 Å². The van der Waals surface area contributed by atoms with Gasteiger partial charge in [-0.1, -0.05) is 50.1 Å². The number of benzene rings is 1. The number of hydrogen-bond acceptors (Lipinski definition) is 4. The number of para-hydroxylation sites is 1. The Kier molecular flexibility index (Phi) is 3.76. The van der Waals surface area contributed by atoms with E-state index >= 15 is 0 Å². The van der Waals surface area contributed by atoms with Crippen molar-refractivity contribution in [2.45, 2.75) is 5.79 Å². The van der Waals surface area contributed by atoms with Gasteiger partial charge in [0, 0.05) is 23.2 Å². The summed E-state index contributed by atoms with van der Waals surface area (Å²) in [7, 11) is 3.11. The Morgan fingerprint density at radius 2 is 1.38 bits per heavy atom. The standard InChI is InChI=1S/C17H15Br2NO4/c1-23-17(24-2)11-9-10(12(17)14(19)13(11)18)16(22)20(15(9)21)8-6-4-3-5-7-8/h3-7,9-12H,1-2H3. The van der Waals surface area contributed by atoms with Crippen molar-refractivity contribution in [3.05, 3.63) is 39.3 Å². The Labute approximate surface area is 156 Å². The summed E-state index contributed by atoms with van der Waals surface area (Å²) in [6, 6.07) is 9.04. The molecule has 1 saturated heterocycles. The third kappa shape index (κ3) is 1.76. The summed E-state index contributed by atoms with van der Waals surface area (Å²) in [6.07, 6.45) is 0. The third-order valence-electron chi connectivity index (χ3n) is 5.41. The molecule has 2 bridgehead atoms. The maximum absolute atomic E-state index is 13.1. The highest BCUT2D eigenvalue weighted by Gasteiger charge is 2.75. The van der Waals surface area contributed by atoms with Crippen LogP contribution in [0.5, 0.6) is 0 Å². The average Bonchev–Trinajstić information content (AvgIpc) is 3.12. The summed E-state index contributed by atoms with van der Waals surface area (Å²) in [6.45, 7) is 0. The molecule has 5 nitrogen and oxygen atoms in total. The summed E-state index contributed by atoms with van der Waals surface area (Å²) >= 11 is 7.14. The van der Waals surface area contributed by atoms with Crippen molar-refractivity contribution in [3.63, 3.8) is 0 Å². The first-order chi connectivity index (χ1) is 11.5. The molecule has 1 aromatic rings. The zero-order valence-electron chi connectivity index (χ0n) is 13.0. The number of amides is 2. The fourth-order valence-corrected chi connectivity index (χ4v) is 6.20. The molecule has 126 valence electrons. The zero-order chi connectivity index (χ0) is 17.2. The first-order valence-corrected chi connectivity index (χ1v) is 9.16. The number of hydrogen-bond donors (Lipinski definition) is 0. The van der Waals surface area contributed by atoms with Crippen molar-refractivity contribution < 1.29 is 19.1 Å². The largest absolute Gasteiger partial charge is 0.352 e. The summed E-state index contributed by atoms with van der Waals surface area (Å²) in [5.74, 6) is -3.06. The molecule has 0 aromatic heterocycles. The van der Waals surface area contributed by atoms with E-state index in [0.717, 1.165) is 8.96 Å². The van der Waals surface area contributed by atoms with Crippen LogP contribution in [0.4, 0.5) is 5.69 Å². The smallest absolute Gasteiger partial charge is 0.238 e. The first kappa shape index (κ1) is 16.4. The van der Waals surface area contributed by atoms with E-state index in [1.165, 1.54) is 4.90 Å². The van der Waals surface area contributed by atoms with Crippen LogP contribution in [-0.2, 0) is 19.1 Å². The van der Waals surface area contributed by atoms with Gasteiger partial charge in [0.2, 0.25) is 11.8 Å². The fraction of sp³-hybridized carbons (Fsp3) is 0.412. The molecule has 0 spiro atoms. The second kappa shape index (κ2) is 5.49. The number of nitrogens with zero attached hydrogens (tertiary/aromatic N) is 1. The van der Waals surface area contributed by atoms with Gasteiger partial charge in [-0.3, -0.25) is 14.5 Å². The summed E-state index contributed by atoms with van der Waals surface area (Å²) in [5.41, 5.74) is 0.606. The lowest BCUT2D eigenvalue weighted by Crippen LogP contribution is -2.46. The van der Waals surface area contributed by atoms with E-state index in [1.54, 1.807) is 26.4 Å². The minimum absolute atomic E-state index is 0.195. The maximum atomic E-state index is 13.1. The molecule has 2 amide bonds. The SMILES string of the molecule is COC1(OC)C2C(Br)=C(Br)C1C1C(=O)N(c3ccccc3)C(=O)C12. The Morgan fingerprint density at radius 1 is 0.917 bits per heavy atom. The van der Waals surface area contributed by atoms with Crippen molar-refractivity contribution in [2.24, 2.45) is 23.7 Å². The monoisotopic (exact) mass is 455 g/mol. The molecule has 3 aliphatic rings. The first-order valence-electron chi connectivity index (χ1n) is 7.57. The van der Waals surface area contributed by atoms with Gasteiger partial charge in [-0.25, -0.2) is 0 Å². The Balaban J connectivity index is 1.83. The van der Waals surface area contributed by atoms with Crippen LogP contribution in [0, 0.1) is 23.7 Å². The van der Waals surface area contributed by atoms with E-state index in [-0.39, 0.29) is 23.7 Å². The maximum Gasteiger partial charge on any atom is 0.238 e. The van der Waals surface area contributed by atoms with E-state index in [2.05, 4.69) is 31.9 Å². The van der Waals surface area contributed by atoms with Crippen LogP contribution >= 0.6 is 31.9 Å². The molecule has 7 heteroatoms. The van der Waals surface area contributed by atoms with Crippen LogP contribution in [0.3, 0.4) is 0 Å². The van der Waals surface area contributed by atoms with Gasteiger partial charge < -0.3 is 9.47 Å². The molecule has 1 saturated carbocycles. The molecular weight excluding hydrogens is 442 g/mol. The van der Waals surface area contributed by atoms with E-state index in [1.807, 2.05) is 18.2 Å². The number of ether oxygens (including phenoxy) is 2. The zero-order valence-corrected chi connectivity index (χ0v) is 16.2. The predicted molar refractivity (Wildman–Crippen MR) is 94.5 cm³/mol. The fourth-order valence-electron chi connectivity index (χ4n) is 4.50. The van der Waals surface area contributed by atoms with E-state index < -0.39 is 17.6 Å². The Bertz CT molecular complexity index is 719. The third-order valence-corrected chi connectivity index (χ3v) is 7.78. The molecule has 4 rings (SSSR count). The molecule has 2 aliphatic carbocycles. The quantitative estimate of drug-likeness (QED) is 0.518. The number of carbonyl (C=O) groups is 2. The van der Waals surface area contributed by atoms with Crippen LogP contribution in [0.25, 0.3) is 0 Å². The van der Waals surface area contributed by atoms with Crippen molar-refractivity contribution >= 4 is 49.4 Å². The van der Waals surface area contributed by atoms with E-state index in [4.69, 9.17) is 9.47 Å². The van der Waals surface area contributed by atoms with Crippen LogP contribution in [-0.4, -0.2) is 31.8 Å². The summed E-state index contributed by atoms with van der Waals surface area (Å²) < 4.78 is 13.1. The number of anilines is 1. The van der Waals surface area contributed by atoms with Gasteiger partial charge >= 0.3 is 0 Å². The topological polar surface area (TPSA) is 55.8 Å². The van der Waals surface area contributed by atoms with Gasteiger partial charge in [0.15, 0.2) is 5.79 Å². The van der Waals surface area contributed by atoms with Crippen molar-refractivity contribution in [1.29, 1.82) is 0 Å². The summed E-state index contributed by atoms with van der Waals surface area (Å²) in [5, 5.41) is 0. The lowest BCUT2D eigenvalue weighted by atomic mass is 9.85. The van der Waals surface area contributed by atoms with E-state index in [0.29, 0.717) is 5.69 Å². The molecule has 1 heterocycles. The van der Waals surface area contributed by atoms with Crippen LogP contribution in [0.1, 0.15) is 0 Å². The molecule has 1 aliphatic heterocycles. The minimum Gasteiger partial charge on any atom is -0.352 e. The highest BCUT2D eigenvalue weighted by Crippen LogP contribution is 2.67. The molecule has 4 atom stereocenters. The number of halogens is 2. The van der Waals surface area contributed by atoms with Gasteiger partial charge in [-0.15, -0.1) is 0 Å². The number of rotatable bonds is 3. The lowest BCUT2D eigenvalue weighted by Gasteiger charge is -2.34. The van der Waals surface area contributed by atoms with Gasteiger partial charge in [0.1, 0.15) is 0 Å².